The fraction of sp³-hybridized carbons (Fsp3) is 0.300. The molecule has 78 valence electrons. The highest BCUT2D eigenvalue weighted by Gasteiger charge is 2.50. The van der Waals surface area contributed by atoms with Gasteiger partial charge in [0.05, 0.1) is 23.8 Å². The van der Waals surface area contributed by atoms with Gasteiger partial charge in [0.1, 0.15) is 4.99 Å². The molecule has 2 heterocycles. The Morgan fingerprint density at radius 3 is 2.80 bits per heavy atom. The standard InChI is InChI=1S/C10H8ClNO2S/c11-6-2-1-3-7-8(6)10(9(15)12-7)13-4-5-14-10/h1-3H,4-5H2,(H,12,15). The van der Waals surface area contributed by atoms with Crippen LogP contribution in [0.4, 0.5) is 5.69 Å². The van der Waals surface area contributed by atoms with Crippen LogP contribution in [0.1, 0.15) is 5.56 Å². The van der Waals surface area contributed by atoms with E-state index in [9.17, 15) is 0 Å². The number of anilines is 1. The lowest BCUT2D eigenvalue weighted by Gasteiger charge is -2.22. The Morgan fingerprint density at radius 2 is 2.07 bits per heavy atom. The number of fused-ring (bicyclic) bond motifs is 2. The molecule has 0 saturated carbocycles. The predicted molar refractivity (Wildman–Crippen MR) is 61.3 cm³/mol. The van der Waals surface area contributed by atoms with Gasteiger partial charge in [0.25, 0.3) is 5.79 Å². The van der Waals surface area contributed by atoms with Crippen molar-refractivity contribution in [1.29, 1.82) is 0 Å². The van der Waals surface area contributed by atoms with Gasteiger partial charge < -0.3 is 14.8 Å². The highest BCUT2D eigenvalue weighted by atomic mass is 35.5. The number of hydrogen-bond acceptors (Lipinski definition) is 3. The first-order chi connectivity index (χ1) is 7.24. The maximum absolute atomic E-state index is 6.14. The number of rotatable bonds is 0. The van der Waals surface area contributed by atoms with E-state index in [2.05, 4.69) is 5.32 Å². The first-order valence-corrected chi connectivity index (χ1v) is 5.41. The maximum Gasteiger partial charge on any atom is 0.252 e. The van der Waals surface area contributed by atoms with E-state index in [0.29, 0.717) is 23.2 Å². The summed E-state index contributed by atoms with van der Waals surface area (Å²) < 4.78 is 11.2. The number of benzene rings is 1. The minimum absolute atomic E-state index is 0.531. The van der Waals surface area contributed by atoms with Crippen molar-refractivity contribution in [3.63, 3.8) is 0 Å². The highest BCUT2D eigenvalue weighted by molar-refractivity contribution is 7.80. The second kappa shape index (κ2) is 3.15. The van der Waals surface area contributed by atoms with E-state index >= 15 is 0 Å². The molecular weight excluding hydrogens is 234 g/mol. The lowest BCUT2D eigenvalue weighted by molar-refractivity contribution is -0.0987. The van der Waals surface area contributed by atoms with Crippen molar-refractivity contribution >= 4 is 34.5 Å². The largest absolute Gasteiger partial charge is 0.345 e. The van der Waals surface area contributed by atoms with Crippen molar-refractivity contribution < 1.29 is 9.47 Å². The quantitative estimate of drug-likeness (QED) is 0.706. The van der Waals surface area contributed by atoms with Gasteiger partial charge in [-0.1, -0.05) is 29.9 Å². The molecule has 1 aromatic carbocycles. The Labute approximate surface area is 97.3 Å². The minimum atomic E-state index is -0.941. The Kier molecular flexibility index (Phi) is 2.01. The normalized spacial score (nSPS) is 21.8. The Hall–Kier alpha value is -0.680. The summed E-state index contributed by atoms with van der Waals surface area (Å²) in [6, 6.07) is 5.58. The van der Waals surface area contributed by atoms with Crippen LogP contribution in [0.15, 0.2) is 18.2 Å². The third-order valence-corrected chi connectivity index (χ3v) is 3.27. The van der Waals surface area contributed by atoms with Gasteiger partial charge in [-0.05, 0) is 12.1 Å². The number of thiocarbonyl (C=S) groups is 1. The molecule has 1 N–H and O–H groups in total. The van der Waals surface area contributed by atoms with Crippen molar-refractivity contribution in [3.05, 3.63) is 28.8 Å². The molecule has 1 spiro atoms. The zero-order chi connectivity index (χ0) is 10.5. The van der Waals surface area contributed by atoms with E-state index < -0.39 is 5.79 Å². The summed E-state index contributed by atoms with van der Waals surface area (Å²) >= 11 is 11.4. The van der Waals surface area contributed by atoms with Crippen LogP contribution in [0.5, 0.6) is 0 Å². The van der Waals surface area contributed by atoms with Gasteiger partial charge in [-0.2, -0.15) is 0 Å². The molecule has 0 radical (unpaired) electrons. The second-order valence-corrected chi connectivity index (χ2v) is 4.25. The third kappa shape index (κ3) is 1.16. The zero-order valence-electron chi connectivity index (χ0n) is 7.75. The Morgan fingerprint density at radius 1 is 1.33 bits per heavy atom. The van der Waals surface area contributed by atoms with Gasteiger partial charge in [0, 0.05) is 5.69 Å². The molecule has 5 heteroatoms. The average molecular weight is 242 g/mol. The van der Waals surface area contributed by atoms with Crippen LogP contribution in [0.2, 0.25) is 5.02 Å². The van der Waals surface area contributed by atoms with E-state index in [1.54, 1.807) is 0 Å². The van der Waals surface area contributed by atoms with Crippen LogP contribution < -0.4 is 5.32 Å². The summed E-state index contributed by atoms with van der Waals surface area (Å²) in [5.74, 6) is -0.941. The van der Waals surface area contributed by atoms with Crippen molar-refractivity contribution in [1.82, 2.24) is 0 Å². The summed E-state index contributed by atoms with van der Waals surface area (Å²) in [4.78, 5) is 0.531. The molecule has 2 aliphatic rings. The molecule has 1 fully saturated rings. The molecule has 0 bridgehead atoms. The first kappa shape index (κ1) is 9.54. The molecule has 3 nitrogen and oxygen atoms in total. The highest BCUT2D eigenvalue weighted by Crippen LogP contribution is 2.46. The van der Waals surface area contributed by atoms with E-state index in [-0.39, 0.29) is 0 Å². The maximum atomic E-state index is 6.14. The molecule has 0 atom stereocenters. The lowest BCUT2D eigenvalue weighted by Crippen LogP contribution is -2.34. The topological polar surface area (TPSA) is 30.5 Å². The van der Waals surface area contributed by atoms with Gasteiger partial charge in [-0.15, -0.1) is 0 Å². The summed E-state index contributed by atoms with van der Waals surface area (Å²) in [7, 11) is 0. The summed E-state index contributed by atoms with van der Waals surface area (Å²) in [5, 5.41) is 3.68. The fourth-order valence-electron chi connectivity index (χ4n) is 1.97. The molecule has 0 amide bonds. The van der Waals surface area contributed by atoms with Gasteiger partial charge in [0.2, 0.25) is 0 Å². The SMILES string of the molecule is S=C1Nc2cccc(Cl)c2C12OCCO2. The molecule has 2 aliphatic heterocycles. The van der Waals surface area contributed by atoms with Crippen molar-refractivity contribution in [2.75, 3.05) is 18.5 Å². The summed E-state index contributed by atoms with van der Waals surface area (Å²) in [6.07, 6.45) is 0. The molecule has 1 aromatic rings. The zero-order valence-corrected chi connectivity index (χ0v) is 9.32. The van der Waals surface area contributed by atoms with E-state index in [1.807, 2.05) is 18.2 Å². The van der Waals surface area contributed by atoms with Crippen LogP contribution in [-0.4, -0.2) is 18.2 Å². The van der Waals surface area contributed by atoms with Crippen LogP contribution in [0, 0.1) is 0 Å². The number of halogens is 1. The fourth-order valence-corrected chi connectivity index (χ4v) is 2.60. The molecule has 1 saturated heterocycles. The van der Waals surface area contributed by atoms with Crippen LogP contribution in [0.25, 0.3) is 0 Å². The number of hydrogen-bond donors (Lipinski definition) is 1. The van der Waals surface area contributed by atoms with Crippen molar-refractivity contribution in [2.45, 2.75) is 5.79 Å². The van der Waals surface area contributed by atoms with Crippen LogP contribution >= 0.6 is 23.8 Å². The van der Waals surface area contributed by atoms with Gasteiger partial charge >= 0.3 is 0 Å². The molecule has 0 aromatic heterocycles. The lowest BCUT2D eigenvalue weighted by atomic mass is 10.1. The van der Waals surface area contributed by atoms with E-state index in [0.717, 1.165) is 11.3 Å². The monoisotopic (exact) mass is 241 g/mol. The molecule has 0 aliphatic carbocycles. The summed E-state index contributed by atoms with van der Waals surface area (Å²) in [5.41, 5.74) is 1.67. The third-order valence-electron chi connectivity index (χ3n) is 2.58. The van der Waals surface area contributed by atoms with Gasteiger partial charge in [-0.25, -0.2) is 0 Å². The molecule has 0 unspecified atom stereocenters. The molecule has 15 heavy (non-hydrogen) atoms. The molecular formula is C10H8ClNO2S. The van der Waals surface area contributed by atoms with Gasteiger partial charge in [0.15, 0.2) is 0 Å². The van der Waals surface area contributed by atoms with Gasteiger partial charge in [-0.3, -0.25) is 0 Å². The van der Waals surface area contributed by atoms with E-state index in [1.165, 1.54) is 0 Å². The molecule has 3 rings (SSSR count). The Bertz CT molecular complexity index is 443. The van der Waals surface area contributed by atoms with E-state index in [4.69, 9.17) is 33.3 Å². The smallest absolute Gasteiger partial charge is 0.252 e. The summed E-state index contributed by atoms with van der Waals surface area (Å²) in [6.45, 7) is 1.07. The number of ether oxygens (including phenoxy) is 2. The Balaban J connectivity index is 2.24. The first-order valence-electron chi connectivity index (χ1n) is 4.62. The predicted octanol–water partition coefficient (Wildman–Crippen LogP) is 2.29. The van der Waals surface area contributed by atoms with Crippen LogP contribution in [-0.2, 0) is 15.3 Å². The minimum Gasteiger partial charge on any atom is -0.345 e. The average Bonchev–Trinajstić information content (AvgIpc) is 2.77. The second-order valence-electron chi connectivity index (χ2n) is 3.43. The number of nitrogens with one attached hydrogen (secondary N) is 1. The van der Waals surface area contributed by atoms with Crippen LogP contribution in [0.3, 0.4) is 0 Å². The van der Waals surface area contributed by atoms with Crippen molar-refractivity contribution in [3.8, 4) is 0 Å². The van der Waals surface area contributed by atoms with Crippen molar-refractivity contribution in [2.24, 2.45) is 0 Å².